The summed E-state index contributed by atoms with van der Waals surface area (Å²) in [5, 5.41) is 8.31. The Hall–Kier alpha value is -1.58. The maximum Gasteiger partial charge on any atom is 0.306 e. The van der Waals surface area contributed by atoms with Crippen LogP contribution in [0.15, 0.2) is 24.0 Å². The van der Waals surface area contributed by atoms with Gasteiger partial charge < -0.3 is 9.84 Å². The molecule has 1 rings (SSSR count). The number of hydrogen-bond donors (Lipinski definition) is 1. The summed E-state index contributed by atoms with van der Waals surface area (Å²) in [5.41, 5.74) is 0. The summed E-state index contributed by atoms with van der Waals surface area (Å²) in [7, 11) is 0. The maximum absolute atomic E-state index is 10.7. The lowest BCUT2D eigenvalue weighted by atomic mass is 10.1. The van der Waals surface area contributed by atoms with Gasteiger partial charge in [-0.1, -0.05) is 0 Å². The lowest BCUT2D eigenvalue weighted by Crippen LogP contribution is -2.04. The molecule has 13 heavy (non-hydrogen) atoms. The van der Waals surface area contributed by atoms with Crippen LogP contribution < -0.4 is 0 Å². The molecule has 0 fully saturated rings. The molecular formula is C9H10O4. The first-order valence-electron chi connectivity index (χ1n) is 3.94. The first-order valence-corrected chi connectivity index (χ1v) is 3.94. The molecule has 0 aromatic rings. The molecule has 1 N–H and O–H groups in total. The van der Waals surface area contributed by atoms with E-state index in [-0.39, 0.29) is 18.8 Å². The molecule has 0 unspecified atom stereocenters. The Labute approximate surface area is 75.5 Å². The van der Waals surface area contributed by atoms with Crippen LogP contribution in [0.4, 0.5) is 0 Å². The van der Waals surface area contributed by atoms with Crippen LogP contribution >= 0.6 is 0 Å². The van der Waals surface area contributed by atoms with Gasteiger partial charge >= 0.3 is 5.97 Å². The van der Waals surface area contributed by atoms with Crippen molar-refractivity contribution in [3.8, 4) is 0 Å². The minimum absolute atomic E-state index is 0.0286. The van der Waals surface area contributed by atoms with Gasteiger partial charge in [0.1, 0.15) is 5.76 Å². The smallest absolute Gasteiger partial charge is 0.306 e. The molecule has 4 nitrogen and oxygen atoms in total. The highest BCUT2D eigenvalue weighted by Crippen LogP contribution is 2.08. The Bertz CT molecular complexity index is 275. The van der Waals surface area contributed by atoms with Crippen molar-refractivity contribution in [3.63, 3.8) is 0 Å². The van der Waals surface area contributed by atoms with Gasteiger partial charge in [-0.15, -0.1) is 0 Å². The lowest BCUT2D eigenvalue weighted by molar-refractivity contribution is -0.137. The van der Waals surface area contributed by atoms with Crippen LogP contribution in [0.5, 0.6) is 0 Å². The van der Waals surface area contributed by atoms with Gasteiger partial charge in [-0.05, 0) is 18.2 Å². The summed E-state index contributed by atoms with van der Waals surface area (Å²) in [6, 6.07) is 0. The number of carboxylic acid groups (broad SMARTS) is 1. The lowest BCUT2D eigenvalue weighted by Gasteiger charge is -2.07. The van der Waals surface area contributed by atoms with Gasteiger partial charge in [-0.25, -0.2) is 0 Å². The van der Waals surface area contributed by atoms with Crippen molar-refractivity contribution in [2.75, 3.05) is 6.61 Å². The number of carbonyl (C=O) groups is 2. The normalized spacial score (nSPS) is 15.4. The molecule has 0 atom stereocenters. The highest BCUT2D eigenvalue weighted by Gasteiger charge is 2.04. The number of allylic oxidation sites excluding steroid dienone is 3. The van der Waals surface area contributed by atoms with Crippen LogP contribution in [0, 0.1) is 0 Å². The van der Waals surface area contributed by atoms with Crippen LogP contribution in [-0.4, -0.2) is 23.5 Å². The summed E-state index contributed by atoms with van der Waals surface area (Å²) in [6.07, 6.45) is 4.92. The topological polar surface area (TPSA) is 63.6 Å². The number of aliphatic carboxylic acids is 1. The quantitative estimate of drug-likeness (QED) is 0.701. The molecule has 0 spiro atoms. The molecule has 0 amide bonds. The van der Waals surface area contributed by atoms with Crippen LogP contribution in [-0.2, 0) is 14.3 Å². The molecule has 0 aliphatic heterocycles. The Balaban J connectivity index is 2.27. The molecule has 0 saturated heterocycles. The van der Waals surface area contributed by atoms with E-state index in [1.54, 1.807) is 12.2 Å². The van der Waals surface area contributed by atoms with Gasteiger partial charge in [0.2, 0.25) is 0 Å². The van der Waals surface area contributed by atoms with E-state index in [4.69, 9.17) is 9.84 Å². The number of ketones is 1. The Morgan fingerprint density at radius 1 is 1.54 bits per heavy atom. The summed E-state index contributed by atoms with van der Waals surface area (Å²) in [6.45, 7) is 0.139. The number of carboxylic acids is 1. The monoisotopic (exact) mass is 182 g/mol. The minimum Gasteiger partial charge on any atom is -0.493 e. The van der Waals surface area contributed by atoms with Crippen molar-refractivity contribution >= 4 is 11.8 Å². The van der Waals surface area contributed by atoms with Crippen molar-refractivity contribution in [1.82, 2.24) is 0 Å². The van der Waals surface area contributed by atoms with Gasteiger partial charge in [0.25, 0.3) is 0 Å². The molecular weight excluding hydrogens is 172 g/mol. The molecule has 1 aliphatic rings. The number of ether oxygens (including phenoxy) is 1. The fourth-order valence-electron chi connectivity index (χ4n) is 0.876. The molecule has 0 saturated carbocycles. The second-order valence-electron chi connectivity index (χ2n) is 2.60. The van der Waals surface area contributed by atoms with E-state index >= 15 is 0 Å². The van der Waals surface area contributed by atoms with Gasteiger partial charge in [0.05, 0.1) is 13.0 Å². The highest BCUT2D eigenvalue weighted by atomic mass is 16.5. The van der Waals surface area contributed by atoms with Crippen molar-refractivity contribution in [3.05, 3.63) is 24.0 Å². The second kappa shape index (κ2) is 4.45. The Morgan fingerprint density at radius 2 is 2.31 bits per heavy atom. The summed E-state index contributed by atoms with van der Waals surface area (Å²) < 4.78 is 5.08. The third-order valence-electron chi connectivity index (χ3n) is 1.52. The molecule has 0 aromatic heterocycles. The number of rotatable bonds is 4. The van der Waals surface area contributed by atoms with Crippen molar-refractivity contribution in [2.45, 2.75) is 12.8 Å². The number of hydrogen-bond acceptors (Lipinski definition) is 3. The fraction of sp³-hybridized carbons (Fsp3) is 0.333. The SMILES string of the molecule is O=C(O)CCOC1=CCC(=O)C=C1. The van der Waals surface area contributed by atoms with E-state index in [1.165, 1.54) is 6.08 Å². The molecule has 0 aromatic carbocycles. The van der Waals surface area contributed by atoms with E-state index in [9.17, 15) is 9.59 Å². The van der Waals surface area contributed by atoms with E-state index in [2.05, 4.69) is 0 Å². The molecule has 1 aliphatic carbocycles. The van der Waals surface area contributed by atoms with Crippen LogP contribution in [0.25, 0.3) is 0 Å². The first-order chi connectivity index (χ1) is 6.18. The van der Waals surface area contributed by atoms with Gasteiger partial charge in [-0.2, -0.15) is 0 Å². The predicted molar refractivity (Wildman–Crippen MR) is 45.1 cm³/mol. The molecule has 0 bridgehead atoms. The van der Waals surface area contributed by atoms with Gasteiger partial charge in [0.15, 0.2) is 5.78 Å². The summed E-state index contributed by atoms with van der Waals surface area (Å²) >= 11 is 0. The maximum atomic E-state index is 10.7. The van der Waals surface area contributed by atoms with Gasteiger partial charge in [0, 0.05) is 6.42 Å². The minimum atomic E-state index is -0.892. The Morgan fingerprint density at radius 3 is 2.85 bits per heavy atom. The molecule has 0 heterocycles. The standard InChI is InChI=1S/C9H10O4/c10-7-1-3-8(4-2-7)13-6-5-9(11)12/h1,3-4H,2,5-6H2,(H,11,12). The van der Waals surface area contributed by atoms with Crippen LogP contribution in [0.2, 0.25) is 0 Å². The molecule has 4 heteroatoms. The van der Waals surface area contributed by atoms with Gasteiger partial charge in [-0.3, -0.25) is 9.59 Å². The van der Waals surface area contributed by atoms with Crippen molar-refractivity contribution < 1.29 is 19.4 Å². The second-order valence-corrected chi connectivity index (χ2v) is 2.60. The van der Waals surface area contributed by atoms with Crippen LogP contribution in [0.1, 0.15) is 12.8 Å². The zero-order valence-corrected chi connectivity index (χ0v) is 7.03. The molecule has 0 radical (unpaired) electrons. The predicted octanol–water partition coefficient (Wildman–Crippen LogP) is 0.891. The van der Waals surface area contributed by atoms with E-state index in [0.717, 1.165) is 0 Å². The zero-order valence-electron chi connectivity index (χ0n) is 7.03. The van der Waals surface area contributed by atoms with Crippen molar-refractivity contribution in [2.24, 2.45) is 0 Å². The number of carbonyl (C=O) groups excluding carboxylic acids is 1. The van der Waals surface area contributed by atoms with E-state index < -0.39 is 5.97 Å². The Kier molecular flexibility index (Phi) is 3.25. The third kappa shape index (κ3) is 3.55. The largest absolute Gasteiger partial charge is 0.493 e. The highest BCUT2D eigenvalue weighted by molar-refractivity contribution is 5.92. The fourth-order valence-corrected chi connectivity index (χ4v) is 0.876. The van der Waals surface area contributed by atoms with Crippen molar-refractivity contribution in [1.29, 1.82) is 0 Å². The third-order valence-corrected chi connectivity index (χ3v) is 1.52. The summed E-state index contributed by atoms with van der Waals surface area (Å²) in [5.74, 6) is -0.289. The average molecular weight is 182 g/mol. The zero-order chi connectivity index (χ0) is 9.68. The van der Waals surface area contributed by atoms with E-state index in [0.29, 0.717) is 12.2 Å². The first kappa shape index (κ1) is 9.51. The molecule has 70 valence electrons. The van der Waals surface area contributed by atoms with Crippen LogP contribution in [0.3, 0.4) is 0 Å². The summed E-state index contributed by atoms with van der Waals surface area (Å²) in [4.78, 5) is 20.8. The van der Waals surface area contributed by atoms with E-state index in [1.807, 2.05) is 0 Å². The average Bonchev–Trinajstić information content (AvgIpc) is 2.08.